The molecule has 0 bridgehead atoms. The summed E-state index contributed by atoms with van der Waals surface area (Å²) in [4.78, 5) is 18.5. The van der Waals surface area contributed by atoms with Crippen LogP contribution in [-0.2, 0) is 4.74 Å². The number of anilines is 1. The highest BCUT2D eigenvalue weighted by Gasteiger charge is 2.35. The van der Waals surface area contributed by atoms with Crippen LogP contribution in [0.1, 0.15) is 23.3 Å². The van der Waals surface area contributed by atoms with Crippen LogP contribution in [0.5, 0.6) is 0 Å². The van der Waals surface area contributed by atoms with Gasteiger partial charge in [-0.3, -0.25) is 9.69 Å². The van der Waals surface area contributed by atoms with Crippen molar-refractivity contribution in [1.82, 2.24) is 15.2 Å². The van der Waals surface area contributed by atoms with Gasteiger partial charge in [-0.15, -0.1) is 11.3 Å². The SMILES string of the molecule is Nc1nc(C(=O)N[C@@H]2COC[C@H]2N2CCCC2)cs1. The first kappa shape index (κ1) is 12.8. The fourth-order valence-electron chi connectivity index (χ4n) is 2.75. The topological polar surface area (TPSA) is 80.5 Å². The number of carbonyl (C=O) groups excluding carboxylic acids is 1. The van der Waals surface area contributed by atoms with Gasteiger partial charge in [-0.1, -0.05) is 0 Å². The number of thiazole rings is 1. The maximum absolute atomic E-state index is 12.1. The van der Waals surface area contributed by atoms with Gasteiger partial charge in [-0.25, -0.2) is 4.98 Å². The average Bonchev–Trinajstić information content (AvgIpc) is 3.07. The summed E-state index contributed by atoms with van der Waals surface area (Å²) >= 11 is 1.28. The van der Waals surface area contributed by atoms with E-state index in [1.165, 1.54) is 24.2 Å². The Balaban J connectivity index is 1.63. The lowest BCUT2D eigenvalue weighted by Gasteiger charge is -2.27. The number of nitrogens with zero attached hydrogens (tertiary/aromatic N) is 2. The highest BCUT2D eigenvalue weighted by molar-refractivity contribution is 7.13. The molecular weight excluding hydrogens is 264 g/mol. The summed E-state index contributed by atoms with van der Waals surface area (Å²) in [6, 6.07) is 0.343. The number of carbonyl (C=O) groups is 1. The third-order valence-electron chi connectivity index (χ3n) is 3.73. The number of hydrogen-bond acceptors (Lipinski definition) is 6. The molecule has 1 aromatic rings. The van der Waals surface area contributed by atoms with E-state index >= 15 is 0 Å². The maximum atomic E-state index is 12.1. The number of likely N-dealkylation sites (tertiary alicyclic amines) is 1. The lowest BCUT2D eigenvalue weighted by molar-refractivity contribution is 0.0912. The van der Waals surface area contributed by atoms with Gasteiger partial charge in [-0.05, 0) is 25.9 Å². The molecule has 104 valence electrons. The van der Waals surface area contributed by atoms with Crippen molar-refractivity contribution < 1.29 is 9.53 Å². The number of rotatable bonds is 3. The van der Waals surface area contributed by atoms with Crippen molar-refractivity contribution in [2.45, 2.75) is 24.9 Å². The number of nitrogens with one attached hydrogen (secondary N) is 1. The van der Waals surface area contributed by atoms with Crippen LogP contribution in [-0.4, -0.2) is 54.2 Å². The zero-order valence-electron chi connectivity index (χ0n) is 10.7. The molecule has 1 aromatic heterocycles. The largest absolute Gasteiger partial charge is 0.378 e. The van der Waals surface area contributed by atoms with Gasteiger partial charge in [0, 0.05) is 5.38 Å². The molecule has 2 aliphatic rings. The van der Waals surface area contributed by atoms with Crippen LogP contribution in [0.2, 0.25) is 0 Å². The number of amides is 1. The normalized spacial score (nSPS) is 27.8. The lowest BCUT2D eigenvalue weighted by atomic mass is 10.1. The Kier molecular flexibility index (Phi) is 3.67. The molecule has 2 fully saturated rings. The minimum absolute atomic E-state index is 0.0496. The number of ether oxygens (including phenoxy) is 1. The average molecular weight is 282 g/mol. The van der Waals surface area contributed by atoms with Crippen LogP contribution < -0.4 is 11.1 Å². The predicted octanol–water partition coefficient (Wildman–Crippen LogP) is 0.318. The summed E-state index contributed by atoms with van der Waals surface area (Å²) in [7, 11) is 0. The van der Waals surface area contributed by atoms with Crippen molar-refractivity contribution in [2.75, 3.05) is 32.0 Å². The summed E-state index contributed by atoms with van der Waals surface area (Å²) in [6.45, 7) is 3.48. The van der Waals surface area contributed by atoms with Crippen molar-refractivity contribution in [3.05, 3.63) is 11.1 Å². The number of nitrogen functional groups attached to an aromatic ring is 1. The fourth-order valence-corrected chi connectivity index (χ4v) is 3.29. The lowest BCUT2D eigenvalue weighted by Crippen LogP contribution is -2.50. The van der Waals surface area contributed by atoms with Gasteiger partial charge in [-0.2, -0.15) is 0 Å². The summed E-state index contributed by atoms with van der Waals surface area (Å²) < 4.78 is 5.53. The van der Waals surface area contributed by atoms with Crippen molar-refractivity contribution in [3.8, 4) is 0 Å². The highest BCUT2D eigenvalue weighted by Crippen LogP contribution is 2.19. The van der Waals surface area contributed by atoms with Crippen molar-refractivity contribution in [1.29, 1.82) is 0 Å². The van der Waals surface area contributed by atoms with Crippen molar-refractivity contribution in [2.24, 2.45) is 0 Å². The van der Waals surface area contributed by atoms with Crippen molar-refractivity contribution in [3.63, 3.8) is 0 Å². The van der Waals surface area contributed by atoms with Crippen LogP contribution in [0, 0.1) is 0 Å². The van der Waals surface area contributed by atoms with E-state index in [1.807, 2.05) is 0 Å². The molecule has 0 aromatic carbocycles. The molecule has 3 heterocycles. The summed E-state index contributed by atoms with van der Waals surface area (Å²) in [5.41, 5.74) is 5.94. The Hall–Kier alpha value is -1.18. The molecule has 19 heavy (non-hydrogen) atoms. The Morgan fingerprint density at radius 2 is 2.26 bits per heavy atom. The molecule has 6 nitrogen and oxygen atoms in total. The molecule has 3 rings (SSSR count). The molecule has 1 amide bonds. The van der Waals surface area contributed by atoms with E-state index in [0.29, 0.717) is 30.1 Å². The number of hydrogen-bond donors (Lipinski definition) is 2. The monoisotopic (exact) mass is 282 g/mol. The molecule has 0 saturated carbocycles. The van der Waals surface area contributed by atoms with Crippen LogP contribution in [0.15, 0.2) is 5.38 Å². The maximum Gasteiger partial charge on any atom is 0.271 e. The van der Waals surface area contributed by atoms with E-state index in [-0.39, 0.29) is 11.9 Å². The molecule has 0 unspecified atom stereocenters. The first-order valence-corrected chi connectivity index (χ1v) is 7.45. The van der Waals surface area contributed by atoms with Crippen LogP contribution in [0.4, 0.5) is 5.13 Å². The molecular formula is C12H18N4O2S. The van der Waals surface area contributed by atoms with Gasteiger partial charge in [0.1, 0.15) is 5.69 Å². The zero-order valence-corrected chi connectivity index (χ0v) is 11.5. The van der Waals surface area contributed by atoms with E-state index in [0.717, 1.165) is 13.1 Å². The fraction of sp³-hybridized carbons (Fsp3) is 0.667. The van der Waals surface area contributed by atoms with Gasteiger partial charge in [0.2, 0.25) is 0 Å². The van der Waals surface area contributed by atoms with Gasteiger partial charge in [0.05, 0.1) is 25.3 Å². The smallest absolute Gasteiger partial charge is 0.271 e. The second-order valence-corrected chi connectivity index (χ2v) is 5.89. The van der Waals surface area contributed by atoms with Gasteiger partial charge < -0.3 is 15.8 Å². The van der Waals surface area contributed by atoms with Crippen LogP contribution >= 0.6 is 11.3 Å². The van der Waals surface area contributed by atoms with E-state index in [9.17, 15) is 4.79 Å². The minimum atomic E-state index is -0.160. The van der Waals surface area contributed by atoms with Crippen LogP contribution in [0.3, 0.4) is 0 Å². The van der Waals surface area contributed by atoms with Crippen LogP contribution in [0.25, 0.3) is 0 Å². The molecule has 3 N–H and O–H groups in total. The van der Waals surface area contributed by atoms with E-state index in [2.05, 4.69) is 15.2 Å². The highest BCUT2D eigenvalue weighted by atomic mass is 32.1. The van der Waals surface area contributed by atoms with E-state index in [4.69, 9.17) is 10.5 Å². The van der Waals surface area contributed by atoms with Gasteiger partial charge in [0.15, 0.2) is 5.13 Å². The van der Waals surface area contributed by atoms with Crippen molar-refractivity contribution >= 4 is 22.4 Å². The Labute approximate surface area is 115 Å². The molecule has 7 heteroatoms. The molecule has 0 radical (unpaired) electrons. The molecule has 2 saturated heterocycles. The third kappa shape index (κ3) is 2.72. The first-order chi connectivity index (χ1) is 9.24. The first-order valence-electron chi connectivity index (χ1n) is 6.58. The van der Waals surface area contributed by atoms with Gasteiger partial charge >= 0.3 is 0 Å². The Morgan fingerprint density at radius 1 is 1.47 bits per heavy atom. The number of aromatic nitrogens is 1. The second kappa shape index (κ2) is 5.44. The Morgan fingerprint density at radius 3 is 2.95 bits per heavy atom. The summed E-state index contributed by atoms with van der Waals surface area (Å²) in [6.07, 6.45) is 2.47. The minimum Gasteiger partial charge on any atom is -0.378 e. The molecule has 2 aliphatic heterocycles. The van der Waals surface area contributed by atoms with E-state index in [1.54, 1.807) is 5.38 Å². The number of nitrogens with two attached hydrogens (primary N) is 1. The predicted molar refractivity (Wildman–Crippen MR) is 73.2 cm³/mol. The zero-order chi connectivity index (χ0) is 13.2. The molecule has 0 aliphatic carbocycles. The molecule has 2 atom stereocenters. The second-order valence-electron chi connectivity index (χ2n) is 5.00. The summed E-state index contributed by atoms with van der Waals surface area (Å²) in [5.74, 6) is -0.160. The third-order valence-corrected chi connectivity index (χ3v) is 4.41. The Bertz CT molecular complexity index is 458. The quantitative estimate of drug-likeness (QED) is 0.834. The van der Waals surface area contributed by atoms with Gasteiger partial charge in [0.25, 0.3) is 5.91 Å². The summed E-state index contributed by atoms with van der Waals surface area (Å²) in [5, 5.41) is 5.12. The van der Waals surface area contributed by atoms with E-state index < -0.39 is 0 Å². The molecule has 0 spiro atoms. The standard InChI is InChI=1S/C12H18N4O2S/c13-12-15-9(7-19-12)11(17)14-8-5-18-6-10(8)16-3-1-2-4-16/h7-8,10H,1-6H2,(H2,13,15)(H,14,17)/t8-,10-/m1/s1.